The molecule has 3 aromatic rings. The summed E-state index contributed by atoms with van der Waals surface area (Å²) in [5.41, 5.74) is 4.38. The van der Waals surface area contributed by atoms with Gasteiger partial charge in [0.15, 0.2) is 0 Å². The summed E-state index contributed by atoms with van der Waals surface area (Å²) < 4.78 is 13.8. The number of methoxy groups -OCH3 is 1. The highest BCUT2D eigenvalue weighted by Gasteiger charge is 2.41. The summed E-state index contributed by atoms with van der Waals surface area (Å²) in [5.74, 6) is 1.75. The van der Waals surface area contributed by atoms with E-state index in [0.29, 0.717) is 0 Å². The third-order valence-corrected chi connectivity index (χ3v) is 6.35. The average Bonchev–Trinajstić information content (AvgIpc) is 3.20. The number of hydrazone groups is 1. The third-order valence-electron chi connectivity index (χ3n) is 5.33. The van der Waals surface area contributed by atoms with E-state index in [0.717, 1.165) is 49.3 Å². The van der Waals surface area contributed by atoms with Gasteiger partial charge in [0.05, 0.1) is 18.9 Å². The molecule has 6 heteroatoms. The third kappa shape index (κ3) is 3.45. The quantitative estimate of drug-likeness (QED) is 0.403. The maximum Gasteiger partial charge on any atom is 0.213 e. The molecule has 0 aliphatic carbocycles. The van der Waals surface area contributed by atoms with Crippen molar-refractivity contribution in [2.75, 3.05) is 7.11 Å². The molecule has 0 radical (unpaired) electrons. The van der Waals surface area contributed by atoms with Crippen molar-refractivity contribution >= 4 is 37.6 Å². The molecule has 4 nitrogen and oxygen atoms in total. The van der Waals surface area contributed by atoms with E-state index in [9.17, 15) is 0 Å². The van der Waals surface area contributed by atoms with Crippen LogP contribution < -0.4 is 9.47 Å². The van der Waals surface area contributed by atoms with Crippen LogP contribution >= 0.6 is 31.9 Å². The van der Waals surface area contributed by atoms with Crippen molar-refractivity contribution < 1.29 is 9.47 Å². The van der Waals surface area contributed by atoms with Gasteiger partial charge in [-0.05, 0) is 60.2 Å². The molecule has 0 bridgehead atoms. The van der Waals surface area contributed by atoms with Crippen LogP contribution in [-0.4, -0.2) is 17.8 Å². The van der Waals surface area contributed by atoms with E-state index in [2.05, 4.69) is 67.2 Å². The maximum absolute atomic E-state index is 6.41. The van der Waals surface area contributed by atoms with Gasteiger partial charge >= 0.3 is 0 Å². The second-order valence-electron chi connectivity index (χ2n) is 7.08. The zero-order valence-electron chi connectivity index (χ0n) is 15.7. The van der Waals surface area contributed by atoms with Crippen LogP contribution in [0.4, 0.5) is 0 Å². The Labute approximate surface area is 186 Å². The fraction of sp³-hybridized carbons (Fsp3) is 0.174. The Hall–Kier alpha value is -2.31. The fourth-order valence-electron chi connectivity index (χ4n) is 3.86. The van der Waals surface area contributed by atoms with Crippen molar-refractivity contribution in [1.29, 1.82) is 0 Å². The lowest BCUT2D eigenvalue weighted by atomic mass is 9.96. The number of ether oxygens (including phenoxy) is 2. The Kier molecular flexibility index (Phi) is 4.84. The number of nitrogens with zero attached hydrogens (tertiary/aromatic N) is 2. The molecule has 29 heavy (non-hydrogen) atoms. The standard InChI is InChI=1S/C23H18Br2N2O2/c1-28-18-9-4-14(5-10-18)20-13-21-19-12-17(25)8-11-22(19)29-23(27(21)26-20)15-2-6-16(24)7-3-15/h2-12,21,23H,13H2,1H3. The molecule has 5 rings (SSSR count). The van der Waals surface area contributed by atoms with Crippen LogP contribution in [0.1, 0.15) is 35.4 Å². The molecule has 2 aliphatic rings. The smallest absolute Gasteiger partial charge is 0.213 e. The van der Waals surface area contributed by atoms with Crippen LogP contribution in [0, 0.1) is 0 Å². The zero-order chi connectivity index (χ0) is 20.0. The van der Waals surface area contributed by atoms with Crippen molar-refractivity contribution in [3.05, 3.63) is 92.4 Å². The van der Waals surface area contributed by atoms with Crippen molar-refractivity contribution in [3.8, 4) is 11.5 Å². The van der Waals surface area contributed by atoms with E-state index in [1.165, 1.54) is 0 Å². The number of rotatable bonds is 3. The Morgan fingerprint density at radius 2 is 1.69 bits per heavy atom. The summed E-state index contributed by atoms with van der Waals surface area (Å²) in [5, 5.41) is 7.10. The number of hydrogen-bond acceptors (Lipinski definition) is 4. The minimum atomic E-state index is -0.266. The predicted octanol–water partition coefficient (Wildman–Crippen LogP) is 6.46. The first-order valence-corrected chi connectivity index (χ1v) is 10.9. The van der Waals surface area contributed by atoms with Gasteiger partial charge in [0.25, 0.3) is 0 Å². The van der Waals surface area contributed by atoms with E-state index >= 15 is 0 Å². The molecule has 2 atom stereocenters. The first-order chi connectivity index (χ1) is 14.1. The Bertz CT molecular complexity index is 1080. The normalized spacial score (nSPS) is 19.8. The summed E-state index contributed by atoms with van der Waals surface area (Å²) in [6.45, 7) is 0. The Morgan fingerprint density at radius 1 is 0.966 bits per heavy atom. The summed E-state index contributed by atoms with van der Waals surface area (Å²) in [7, 11) is 1.68. The summed E-state index contributed by atoms with van der Waals surface area (Å²) in [4.78, 5) is 0. The highest BCUT2D eigenvalue weighted by molar-refractivity contribution is 9.10. The second kappa shape index (κ2) is 7.50. The van der Waals surface area contributed by atoms with Crippen LogP contribution in [0.25, 0.3) is 0 Å². The molecule has 146 valence electrons. The lowest BCUT2D eigenvalue weighted by Gasteiger charge is -2.38. The molecule has 2 unspecified atom stereocenters. The number of halogens is 2. The first-order valence-electron chi connectivity index (χ1n) is 9.34. The van der Waals surface area contributed by atoms with Crippen molar-refractivity contribution in [2.45, 2.75) is 18.7 Å². The SMILES string of the molecule is COc1ccc(C2=NN3C(C2)c2cc(Br)ccc2OC3c2ccc(Br)cc2)cc1. The molecule has 0 spiro atoms. The van der Waals surface area contributed by atoms with Crippen molar-refractivity contribution in [2.24, 2.45) is 5.10 Å². The van der Waals surface area contributed by atoms with Gasteiger partial charge in [0.2, 0.25) is 6.23 Å². The number of benzene rings is 3. The van der Waals surface area contributed by atoms with Crippen molar-refractivity contribution in [1.82, 2.24) is 5.01 Å². The van der Waals surface area contributed by atoms with Crippen molar-refractivity contribution in [3.63, 3.8) is 0 Å². The van der Waals surface area contributed by atoms with E-state index in [-0.39, 0.29) is 12.3 Å². The van der Waals surface area contributed by atoms with Gasteiger partial charge in [-0.25, -0.2) is 5.01 Å². The largest absolute Gasteiger partial charge is 0.497 e. The molecule has 2 aliphatic heterocycles. The molecular weight excluding hydrogens is 496 g/mol. The average molecular weight is 514 g/mol. The highest BCUT2D eigenvalue weighted by atomic mass is 79.9. The van der Waals surface area contributed by atoms with Gasteiger partial charge in [-0.1, -0.05) is 44.0 Å². The lowest BCUT2D eigenvalue weighted by molar-refractivity contribution is -0.0190. The molecule has 0 fully saturated rings. The van der Waals surface area contributed by atoms with Gasteiger partial charge in [0.1, 0.15) is 11.5 Å². The van der Waals surface area contributed by atoms with Crippen LogP contribution in [0.15, 0.2) is 80.8 Å². The van der Waals surface area contributed by atoms with Gasteiger partial charge in [-0.15, -0.1) is 0 Å². The molecular formula is C23H18Br2N2O2. The first kappa shape index (κ1) is 18.7. The van der Waals surface area contributed by atoms with Gasteiger partial charge in [-0.2, -0.15) is 5.10 Å². The van der Waals surface area contributed by atoms with Crippen LogP contribution in [0.5, 0.6) is 11.5 Å². The lowest BCUT2D eigenvalue weighted by Crippen LogP contribution is -2.33. The molecule has 0 saturated carbocycles. The monoisotopic (exact) mass is 512 g/mol. The summed E-state index contributed by atoms with van der Waals surface area (Å²) in [6.07, 6.45) is 0.559. The Balaban J connectivity index is 1.57. The van der Waals surface area contributed by atoms with E-state index < -0.39 is 0 Å². The second-order valence-corrected chi connectivity index (χ2v) is 8.91. The van der Waals surface area contributed by atoms with E-state index in [1.807, 2.05) is 36.4 Å². The minimum Gasteiger partial charge on any atom is -0.497 e. The van der Waals surface area contributed by atoms with Crippen LogP contribution in [0.3, 0.4) is 0 Å². The zero-order valence-corrected chi connectivity index (χ0v) is 18.9. The summed E-state index contributed by atoms with van der Waals surface area (Å²) >= 11 is 7.11. The highest BCUT2D eigenvalue weighted by Crippen LogP contribution is 2.48. The molecule has 2 heterocycles. The summed E-state index contributed by atoms with van der Waals surface area (Å²) in [6, 6.07) is 22.6. The van der Waals surface area contributed by atoms with E-state index in [4.69, 9.17) is 14.6 Å². The number of hydrogen-bond donors (Lipinski definition) is 0. The minimum absolute atomic E-state index is 0.127. The topological polar surface area (TPSA) is 34.1 Å². The van der Waals surface area contributed by atoms with Gasteiger partial charge in [0, 0.05) is 26.5 Å². The predicted molar refractivity (Wildman–Crippen MR) is 120 cm³/mol. The fourth-order valence-corrected chi connectivity index (χ4v) is 4.51. The molecule has 0 aromatic heterocycles. The molecule has 0 amide bonds. The molecule has 0 saturated heterocycles. The van der Waals surface area contributed by atoms with Gasteiger partial charge < -0.3 is 9.47 Å². The maximum atomic E-state index is 6.41. The van der Waals surface area contributed by atoms with E-state index in [1.54, 1.807) is 7.11 Å². The number of fused-ring (bicyclic) bond motifs is 3. The molecule has 0 N–H and O–H groups in total. The molecule has 3 aromatic carbocycles. The Morgan fingerprint density at radius 3 is 2.41 bits per heavy atom. The van der Waals surface area contributed by atoms with Crippen LogP contribution in [0.2, 0.25) is 0 Å². The van der Waals surface area contributed by atoms with Crippen LogP contribution in [-0.2, 0) is 0 Å². The van der Waals surface area contributed by atoms with Gasteiger partial charge in [-0.3, -0.25) is 0 Å².